The highest BCUT2D eigenvalue weighted by Gasteiger charge is 2.34. The average molecular weight is 266 g/mol. The molecule has 2 nitrogen and oxygen atoms in total. The molecule has 0 heterocycles. The Hall–Kier alpha value is -2.17. The molecule has 0 bridgehead atoms. The lowest BCUT2D eigenvalue weighted by Crippen LogP contribution is -2.08. The quantitative estimate of drug-likeness (QED) is 0.763. The number of benzene rings is 2. The van der Waals surface area contributed by atoms with Crippen molar-refractivity contribution < 1.29 is 23.0 Å². The summed E-state index contributed by atoms with van der Waals surface area (Å²) in [6, 6.07) is 4.08. The van der Waals surface area contributed by atoms with E-state index in [-0.39, 0.29) is 23.5 Å². The van der Waals surface area contributed by atoms with Crippen LogP contribution in [-0.2, 0) is 0 Å². The molecule has 0 radical (unpaired) electrons. The molecule has 98 valence electrons. The molecule has 2 aromatic rings. The molecule has 2 aromatic carbocycles. The third-order valence-electron chi connectivity index (χ3n) is 3.13. The number of phenolic OH excluding ortho intramolecular Hbond substituents is 1. The molecule has 0 saturated heterocycles. The van der Waals surface area contributed by atoms with E-state index in [9.17, 15) is 18.3 Å². The molecule has 5 heteroatoms. The zero-order valence-corrected chi connectivity index (χ0v) is 9.93. The van der Waals surface area contributed by atoms with Gasteiger partial charge in [0, 0.05) is 11.1 Å². The number of halogens is 3. The van der Waals surface area contributed by atoms with Gasteiger partial charge in [0.1, 0.15) is 0 Å². The lowest BCUT2D eigenvalue weighted by atomic mass is 9.79. The summed E-state index contributed by atoms with van der Waals surface area (Å²) >= 11 is 0. The van der Waals surface area contributed by atoms with Crippen molar-refractivity contribution in [1.82, 2.24) is 0 Å². The first kappa shape index (κ1) is 11.9. The number of aromatic hydroxyl groups is 1. The van der Waals surface area contributed by atoms with Crippen LogP contribution < -0.4 is 4.74 Å². The first-order valence-corrected chi connectivity index (χ1v) is 5.73. The molecular weight excluding hydrogens is 257 g/mol. The van der Waals surface area contributed by atoms with Gasteiger partial charge in [-0.2, -0.15) is 4.39 Å². The number of fused-ring (bicyclic) bond motifs is 4. The second-order valence-corrected chi connectivity index (χ2v) is 4.18. The van der Waals surface area contributed by atoms with E-state index in [0.29, 0.717) is 11.1 Å². The van der Waals surface area contributed by atoms with E-state index in [2.05, 4.69) is 0 Å². The highest BCUT2D eigenvalue weighted by molar-refractivity contribution is 6.04. The molecule has 0 aliphatic heterocycles. The van der Waals surface area contributed by atoms with Crippen LogP contribution in [0.2, 0.25) is 0 Å². The molecule has 1 aliphatic rings. The Morgan fingerprint density at radius 3 is 2.37 bits per heavy atom. The Morgan fingerprint density at radius 1 is 1.00 bits per heavy atom. The van der Waals surface area contributed by atoms with Crippen molar-refractivity contribution in [3.63, 3.8) is 0 Å². The Balaban J connectivity index is 2.23. The number of rotatable bonds is 2. The predicted octanol–water partition coefficient (Wildman–Crippen LogP) is 3.86. The topological polar surface area (TPSA) is 29.5 Å². The molecule has 0 fully saturated rings. The monoisotopic (exact) mass is 266 g/mol. The van der Waals surface area contributed by atoms with Gasteiger partial charge in [0.2, 0.25) is 5.82 Å². The summed E-state index contributed by atoms with van der Waals surface area (Å²) in [5, 5.41) is 9.24. The molecule has 0 saturated carbocycles. The van der Waals surface area contributed by atoms with Crippen LogP contribution in [0.4, 0.5) is 13.2 Å². The van der Waals surface area contributed by atoms with Crippen molar-refractivity contribution in [2.24, 2.45) is 0 Å². The number of ether oxygens (including phenoxy) is 1. The summed E-state index contributed by atoms with van der Waals surface area (Å²) in [4.78, 5) is 0. The maximum Gasteiger partial charge on any atom is 0.201 e. The van der Waals surface area contributed by atoms with E-state index in [1.165, 1.54) is 6.07 Å². The van der Waals surface area contributed by atoms with Crippen molar-refractivity contribution in [1.29, 1.82) is 0 Å². The minimum Gasteiger partial charge on any atom is -0.505 e. The molecular formula is C14H9F3O2. The van der Waals surface area contributed by atoms with Crippen molar-refractivity contribution in [2.75, 3.05) is 6.61 Å². The van der Waals surface area contributed by atoms with Crippen LogP contribution in [0.5, 0.6) is 11.5 Å². The summed E-state index contributed by atoms with van der Waals surface area (Å²) in [6.45, 7) is 1.97. The average Bonchev–Trinajstić information content (AvgIpc) is 2.37. The van der Waals surface area contributed by atoms with Crippen molar-refractivity contribution in [2.45, 2.75) is 6.92 Å². The van der Waals surface area contributed by atoms with E-state index in [4.69, 9.17) is 4.74 Å². The van der Waals surface area contributed by atoms with Crippen LogP contribution in [0.3, 0.4) is 0 Å². The summed E-state index contributed by atoms with van der Waals surface area (Å²) in [5.74, 6) is -4.10. The van der Waals surface area contributed by atoms with Gasteiger partial charge in [-0.25, -0.2) is 8.78 Å². The first-order valence-electron chi connectivity index (χ1n) is 5.73. The van der Waals surface area contributed by atoms with Crippen LogP contribution >= 0.6 is 0 Å². The van der Waals surface area contributed by atoms with Gasteiger partial charge in [-0.3, -0.25) is 0 Å². The predicted molar refractivity (Wildman–Crippen MR) is 63.6 cm³/mol. The SMILES string of the molecule is CCOc1ccc2c(c1F)-c1c-2cc(O)c(F)c1F. The maximum absolute atomic E-state index is 14.1. The normalized spacial score (nSPS) is 11.6. The highest BCUT2D eigenvalue weighted by atomic mass is 19.2. The fourth-order valence-corrected chi connectivity index (χ4v) is 2.30. The molecule has 0 aromatic heterocycles. The van der Waals surface area contributed by atoms with Crippen LogP contribution in [0, 0.1) is 17.5 Å². The molecule has 0 atom stereocenters. The van der Waals surface area contributed by atoms with Gasteiger partial charge in [0.15, 0.2) is 23.1 Å². The molecule has 19 heavy (non-hydrogen) atoms. The highest BCUT2D eigenvalue weighted by Crippen LogP contribution is 2.53. The summed E-state index contributed by atoms with van der Waals surface area (Å²) in [7, 11) is 0. The first-order chi connectivity index (χ1) is 9.06. The number of hydrogen-bond donors (Lipinski definition) is 1. The standard InChI is InChI=1S/C14H9F3O2/c1-2-19-9-4-3-6-7-5-8(18)12(15)14(17)11(7)10(6)13(9)16/h3-5,18H,2H2,1H3. The maximum atomic E-state index is 14.1. The van der Waals surface area contributed by atoms with E-state index < -0.39 is 23.2 Å². The molecule has 1 aliphatic carbocycles. The fourth-order valence-electron chi connectivity index (χ4n) is 2.30. The van der Waals surface area contributed by atoms with Gasteiger partial charge in [-0.1, -0.05) is 0 Å². The lowest BCUT2D eigenvalue weighted by molar-refractivity contribution is 0.322. The van der Waals surface area contributed by atoms with Crippen LogP contribution in [-0.4, -0.2) is 11.7 Å². The molecule has 0 amide bonds. The van der Waals surface area contributed by atoms with E-state index in [0.717, 1.165) is 6.07 Å². The van der Waals surface area contributed by atoms with Gasteiger partial charge in [0.05, 0.1) is 6.61 Å². The Labute approximate surface area is 107 Å². The summed E-state index contributed by atoms with van der Waals surface area (Å²) < 4.78 is 46.2. The minimum absolute atomic E-state index is 0.000201. The van der Waals surface area contributed by atoms with Gasteiger partial charge in [0.25, 0.3) is 0 Å². The second kappa shape index (κ2) is 3.91. The zero-order valence-electron chi connectivity index (χ0n) is 9.93. The van der Waals surface area contributed by atoms with Crippen LogP contribution in [0.1, 0.15) is 6.92 Å². The second-order valence-electron chi connectivity index (χ2n) is 4.18. The van der Waals surface area contributed by atoms with Crippen LogP contribution in [0.25, 0.3) is 22.3 Å². The van der Waals surface area contributed by atoms with Gasteiger partial charge < -0.3 is 9.84 Å². The van der Waals surface area contributed by atoms with Crippen molar-refractivity contribution in [3.05, 3.63) is 35.7 Å². The Bertz CT molecular complexity index is 696. The molecule has 0 spiro atoms. The number of hydrogen-bond acceptors (Lipinski definition) is 2. The minimum atomic E-state index is -1.37. The summed E-state index contributed by atoms with van der Waals surface area (Å²) in [5.41, 5.74) is 0.584. The van der Waals surface area contributed by atoms with Crippen LogP contribution in [0.15, 0.2) is 18.2 Å². The summed E-state index contributed by atoms with van der Waals surface area (Å²) in [6.07, 6.45) is 0. The largest absolute Gasteiger partial charge is 0.505 e. The third kappa shape index (κ3) is 1.44. The molecule has 0 unspecified atom stereocenters. The lowest BCUT2D eigenvalue weighted by Gasteiger charge is -2.26. The number of phenols is 1. The van der Waals surface area contributed by atoms with E-state index in [1.54, 1.807) is 13.0 Å². The van der Waals surface area contributed by atoms with Gasteiger partial charge >= 0.3 is 0 Å². The van der Waals surface area contributed by atoms with E-state index >= 15 is 0 Å². The van der Waals surface area contributed by atoms with Gasteiger partial charge in [-0.05, 0) is 36.2 Å². The Morgan fingerprint density at radius 2 is 1.68 bits per heavy atom. The van der Waals surface area contributed by atoms with Crippen molar-refractivity contribution in [3.8, 4) is 33.8 Å². The fraction of sp³-hybridized carbons (Fsp3) is 0.143. The third-order valence-corrected chi connectivity index (χ3v) is 3.13. The Kier molecular flexibility index (Phi) is 2.45. The molecule has 3 rings (SSSR count). The van der Waals surface area contributed by atoms with Gasteiger partial charge in [-0.15, -0.1) is 0 Å². The smallest absolute Gasteiger partial charge is 0.201 e. The van der Waals surface area contributed by atoms with Crippen molar-refractivity contribution >= 4 is 0 Å². The molecule has 1 N–H and O–H groups in total. The van der Waals surface area contributed by atoms with E-state index in [1.807, 2.05) is 0 Å². The zero-order chi connectivity index (χ0) is 13.7.